The third-order valence-corrected chi connectivity index (χ3v) is 3.65. The Bertz CT molecular complexity index is 472. The molecule has 2 aliphatic heterocycles. The maximum Gasteiger partial charge on any atom is 0.211 e. The molecule has 1 fully saturated rings. The molecule has 0 aliphatic carbocycles. The minimum Gasteiger partial charge on any atom is -0.493 e. The quantitative estimate of drug-likeness (QED) is 0.893. The van der Waals surface area contributed by atoms with Crippen molar-refractivity contribution in [3.63, 3.8) is 0 Å². The fourth-order valence-corrected chi connectivity index (χ4v) is 2.73. The fraction of sp³-hybridized carbons (Fsp3) is 0.571. The van der Waals surface area contributed by atoms with Crippen molar-refractivity contribution in [1.82, 2.24) is 5.32 Å². The number of methoxy groups -OCH3 is 1. The first-order valence-electron chi connectivity index (χ1n) is 6.70. The molecular weight excluding hydrogens is 249 g/mol. The van der Waals surface area contributed by atoms with E-state index in [1.165, 1.54) is 7.11 Å². The summed E-state index contributed by atoms with van der Waals surface area (Å²) < 4.78 is 30.5. The average molecular weight is 267 g/mol. The van der Waals surface area contributed by atoms with Crippen LogP contribution in [0.2, 0.25) is 0 Å². The Labute approximate surface area is 111 Å². The maximum absolute atomic E-state index is 14.4. The van der Waals surface area contributed by atoms with E-state index in [9.17, 15) is 4.39 Å². The van der Waals surface area contributed by atoms with E-state index < -0.39 is 5.82 Å². The summed E-state index contributed by atoms with van der Waals surface area (Å²) in [5.41, 5.74) is 0.823. The van der Waals surface area contributed by atoms with Gasteiger partial charge in [-0.3, -0.25) is 0 Å². The van der Waals surface area contributed by atoms with E-state index in [1.807, 2.05) is 6.07 Å². The summed E-state index contributed by atoms with van der Waals surface area (Å²) in [7, 11) is 1.49. The molecule has 19 heavy (non-hydrogen) atoms. The molecule has 3 rings (SSSR count). The van der Waals surface area contributed by atoms with E-state index in [1.54, 1.807) is 0 Å². The van der Waals surface area contributed by atoms with E-state index in [2.05, 4.69) is 5.32 Å². The summed E-state index contributed by atoms with van der Waals surface area (Å²) in [6.07, 6.45) is 3.28. The predicted molar refractivity (Wildman–Crippen MR) is 68.5 cm³/mol. The van der Waals surface area contributed by atoms with Gasteiger partial charge in [0.05, 0.1) is 7.11 Å². The molecule has 0 aromatic heterocycles. The topological polar surface area (TPSA) is 39.7 Å². The van der Waals surface area contributed by atoms with Gasteiger partial charge < -0.3 is 19.5 Å². The predicted octanol–water partition coefficient (Wildman–Crippen LogP) is 2.42. The highest BCUT2D eigenvalue weighted by atomic mass is 19.1. The van der Waals surface area contributed by atoms with Crippen LogP contribution in [0.4, 0.5) is 4.39 Å². The zero-order chi connectivity index (χ0) is 13.2. The van der Waals surface area contributed by atoms with Crippen LogP contribution in [0, 0.1) is 5.82 Å². The number of fused-ring (bicyclic) bond motifs is 1. The van der Waals surface area contributed by atoms with Crippen LogP contribution in [0.1, 0.15) is 30.9 Å². The van der Waals surface area contributed by atoms with Gasteiger partial charge in [-0.15, -0.1) is 0 Å². The summed E-state index contributed by atoms with van der Waals surface area (Å²) >= 11 is 0. The third-order valence-electron chi connectivity index (χ3n) is 3.65. The van der Waals surface area contributed by atoms with Crippen LogP contribution in [0.25, 0.3) is 0 Å². The van der Waals surface area contributed by atoms with Gasteiger partial charge >= 0.3 is 0 Å². The van der Waals surface area contributed by atoms with Gasteiger partial charge in [-0.2, -0.15) is 4.39 Å². The van der Waals surface area contributed by atoms with Crippen molar-refractivity contribution < 1.29 is 18.6 Å². The second kappa shape index (κ2) is 5.25. The van der Waals surface area contributed by atoms with Gasteiger partial charge in [0.25, 0.3) is 0 Å². The van der Waals surface area contributed by atoms with Crippen molar-refractivity contribution >= 4 is 0 Å². The Hall–Kier alpha value is -1.49. The smallest absolute Gasteiger partial charge is 0.211 e. The molecule has 1 unspecified atom stereocenters. The highest BCUT2D eigenvalue weighted by Gasteiger charge is 2.28. The number of nitrogens with one attached hydrogen (secondary N) is 1. The van der Waals surface area contributed by atoms with Crippen molar-refractivity contribution in [2.75, 3.05) is 26.9 Å². The second-order valence-electron chi connectivity index (χ2n) is 4.84. The minimum atomic E-state index is -0.456. The molecule has 2 aliphatic rings. The zero-order valence-corrected chi connectivity index (χ0v) is 11.0. The Kier molecular flexibility index (Phi) is 3.46. The van der Waals surface area contributed by atoms with E-state index >= 15 is 0 Å². The first kappa shape index (κ1) is 12.5. The Morgan fingerprint density at radius 3 is 2.89 bits per heavy atom. The molecule has 0 spiro atoms. The van der Waals surface area contributed by atoms with E-state index in [0.717, 1.165) is 31.4 Å². The SMILES string of the molecule is COc1c(C2CCCCN2)cc2c(c1F)OCCO2. The standard InChI is InChI=1S/C14H18FNO3/c1-17-13-9(10-4-2-3-5-16-10)8-11-14(12(13)15)19-7-6-18-11/h8,10,16H,2-7H2,1H3. The van der Waals surface area contributed by atoms with Gasteiger partial charge in [-0.1, -0.05) is 6.42 Å². The molecule has 2 heterocycles. The molecule has 1 saturated heterocycles. The van der Waals surface area contributed by atoms with E-state index in [4.69, 9.17) is 14.2 Å². The molecule has 0 bridgehead atoms. The molecule has 1 aromatic carbocycles. The van der Waals surface area contributed by atoms with Gasteiger partial charge in [0, 0.05) is 11.6 Å². The van der Waals surface area contributed by atoms with Crippen LogP contribution in [0.3, 0.4) is 0 Å². The van der Waals surface area contributed by atoms with Gasteiger partial charge in [0.15, 0.2) is 11.5 Å². The number of hydrogen-bond donors (Lipinski definition) is 1. The lowest BCUT2D eigenvalue weighted by Gasteiger charge is -2.28. The fourth-order valence-electron chi connectivity index (χ4n) is 2.73. The van der Waals surface area contributed by atoms with Crippen LogP contribution in [-0.4, -0.2) is 26.9 Å². The van der Waals surface area contributed by atoms with Crippen LogP contribution in [0.15, 0.2) is 6.07 Å². The molecule has 1 atom stereocenters. The molecule has 4 nitrogen and oxygen atoms in total. The Morgan fingerprint density at radius 2 is 2.16 bits per heavy atom. The number of benzene rings is 1. The first-order chi connectivity index (χ1) is 9.31. The lowest BCUT2D eigenvalue weighted by atomic mass is 9.96. The van der Waals surface area contributed by atoms with E-state index in [-0.39, 0.29) is 17.5 Å². The molecule has 0 saturated carbocycles. The third kappa shape index (κ3) is 2.23. The number of hydrogen-bond acceptors (Lipinski definition) is 4. The second-order valence-corrected chi connectivity index (χ2v) is 4.84. The molecule has 104 valence electrons. The maximum atomic E-state index is 14.4. The monoisotopic (exact) mass is 267 g/mol. The lowest BCUT2D eigenvalue weighted by Crippen LogP contribution is -2.28. The Morgan fingerprint density at radius 1 is 1.32 bits per heavy atom. The zero-order valence-electron chi connectivity index (χ0n) is 11.0. The average Bonchev–Trinajstić information content (AvgIpc) is 2.48. The molecule has 5 heteroatoms. The number of piperidine rings is 1. The van der Waals surface area contributed by atoms with Crippen molar-refractivity contribution in [1.29, 1.82) is 0 Å². The summed E-state index contributed by atoms with van der Waals surface area (Å²) in [6.45, 7) is 1.77. The van der Waals surface area contributed by atoms with E-state index in [0.29, 0.717) is 19.0 Å². The lowest BCUT2D eigenvalue weighted by molar-refractivity contribution is 0.161. The number of halogens is 1. The molecular formula is C14H18FNO3. The Balaban J connectivity index is 2.04. The summed E-state index contributed by atoms with van der Waals surface area (Å²) in [5, 5.41) is 3.40. The molecule has 0 amide bonds. The van der Waals surface area contributed by atoms with Gasteiger partial charge in [-0.25, -0.2) is 0 Å². The summed E-state index contributed by atoms with van der Waals surface area (Å²) in [6, 6.07) is 1.97. The number of rotatable bonds is 2. The highest BCUT2D eigenvalue weighted by Crippen LogP contribution is 2.43. The van der Waals surface area contributed by atoms with Gasteiger partial charge in [0.1, 0.15) is 13.2 Å². The molecule has 0 radical (unpaired) electrons. The first-order valence-corrected chi connectivity index (χ1v) is 6.70. The molecule has 1 N–H and O–H groups in total. The largest absolute Gasteiger partial charge is 0.493 e. The summed E-state index contributed by atoms with van der Waals surface area (Å²) in [5.74, 6) is 0.459. The van der Waals surface area contributed by atoms with Crippen LogP contribution >= 0.6 is 0 Å². The van der Waals surface area contributed by atoms with Crippen molar-refractivity contribution in [2.24, 2.45) is 0 Å². The molecule has 1 aromatic rings. The van der Waals surface area contributed by atoms with Crippen molar-refractivity contribution in [2.45, 2.75) is 25.3 Å². The highest BCUT2D eigenvalue weighted by molar-refractivity contribution is 5.54. The van der Waals surface area contributed by atoms with Crippen LogP contribution in [0.5, 0.6) is 17.2 Å². The minimum absolute atomic E-state index is 0.119. The summed E-state index contributed by atoms with van der Waals surface area (Å²) in [4.78, 5) is 0. The number of ether oxygens (including phenoxy) is 3. The van der Waals surface area contributed by atoms with Crippen molar-refractivity contribution in [3.8, 4) is 17.2 Å². The normalized spacial score (nSPS) is 22.1. The van der Waals surface area contributed by atoms with Gasteiger partial charge in [-0.05, 0) is 25.5 Å². The van der Waals surface area contributed by atoms with Crippen LogP contribution < -0.4 is 19.5 Å². The van der Waals surface area contributed by atoms with Crippen molar-refractivity contribution in [3.05, 3.63) is 17.4 Å². The van der Waals surface area contributed by atoms with Gasteiger partial charge in [0.2, 0.25) is 11.6 Å². The van der Waals surface area contributed by atoms with Crippen LogP contribution in [-0.2, 0) is 0 Å².